The fraction of sp³-hybridized carbons (Fsp3) is 0.682. The van der Waals surface area contributed by atoms with Crippen molar-refractivity contribution in [2.75, 3.05) is 63.8 Å². The number of anilines is 1. The highest BCUT2D eigenvalue weighted by Crippen LogP contribution is 2.30. The number of rotatable bonds is 5. The number of likely N-dealkylation sites (N-methyl/N-ethyl adjacent to an activating group) is 1. The maximum atomic E-state index is 13.5. The van der Waals surface area contributed by atoms with Crippen LogP contribution < -0.4 is 4.90 Å². The quantitative estimate of drug-likeness (QED) is 0.711. The zero-order valence-corrected chi connectivity index (χ0v) is 18.9. The van der Waals surface area contributed by atoms with Crippen LogP contribution in [0.25, 0.3) is 0 Å². The van der Waals surface area contributed by atoms with Crippen molar-refractivity contribution in [1.82, 2.24) is 14.1 Å². The molecule has 0 spiro atoms. The Morgan fingerprint density at radius 2 is 1.50 bits per heavy atom. The van der Waals surface area contributed by atoms with Crippen LogP contribution in [0.2, 0.25) is 0 Å². The molecule has 3 aliphatic rings. The Kier molecular flexibility index (Phi) is 6.65. The number of nitrogens with zero attached hydrogens (tertiary/aromatic N) is 4. The van der Waals surface area contributed by atoms with E-state index in [1.165, 1.54) is 0 Å². The number of sulfonamides is 1. The largest absolute Gasteiger partial charge is 0.371 e. The van der Waals surface area contributed by atoms with Crippen molar-refractivity contribution in [1.29, 1.82) is 0 Å². The Labute approximate surface area is 180 Å². The first kappa shape index (κ1) is 21.6. The van der Waals surface area contributed by atoms with E-state index in [9.17, 15) is 13.2 Å². The van der Waals surface area contributed by atoms with Gasteiger partial charge < -0.3 is 14.7 Å². The van der Waals surface area contributed by atoms with Crippen molar-refractivity contribution in [2.45, 2.75) is 43.9 Å². The SMILES string of the molecule is CCN1CCN(C(=O)c2cc(S(=O)(=O)N3CCCCC3)ccc2N2CCCC2)CC1. The second kappa shape index (κ2) is 9.24. The van der Waals surface area contributed by atoms with Crippen LogP contribution in [-0.4, -0.2) is 87.3 Å². The summed E-state index contributed by atoms with van der Waals surface area (Å²) in [5.41, 5.74) is 1.42. The van der Waals surface area contributed by atoms with E-state index in [1.54, 1.807) is 16.4 Å². The fourth-order valence-corrected chi connectivity index (χ4v) is 6.32. The van der Waals surface area contributed by atoms with Crippen LogP contribution in [0.4, 0.5) is 5.69 Å². The third-order valence-corrected chi connectivity index (χ3v) is 8.60. The van der Waals surface area contributed by atoms with Gasteiger partial charge in [0.05, 0.1) is 10.5 Å². The van der Waals surface area contributed by atoms with Crippen LogP contribution in [0.5, 0.6) is 0 Å². The minimum atomic E-state index is -3.57. The highest BCUT2D eigenvalue weighted by Gasteiger charge is 2.30. The van der Waals surface area contributed by atoms with Crippen LogP contribution in [0, 0.1) is 0 Å². The van der Waals surface area contributed by atoms with E-state index in [0.29, 0.717) is 31.7 Å². The van der Waals surface area contributed by atoms with E-state index in [1.807, 2.05) is 11.0 Å². The monoisotopic (exact) mass is 434 g/mol. The standard InChI is InChI=1S/C22H34N4O3S/c1-2-23-14-16-25(17-15-23)22(27)20-18-19(8-9-21(20)24-10-6-7-11-24)30(28,29)26-12-4-3-5-13-26/h8-9,18H,2-7,10-17H2,1H3. The summed E-state index contributed by atoms with van der Waals surface area (Å²) >= 11 is 0. The Morgan fingerprint density at radius 1 is 0.867 bits per heavy atom. The molecule has 3 fully saturated rings. The van der Waals surface area contributed by atoms with Gasteiger partial charge in [0.2, 0.25) is 10.0 Å². The lowest BCUT2D eigenvalue weighted by Gasteiger charge is -2.35. The first-order valence-electron chi connectivity index (χ1n) is 11.4. The highest BCUT2D eigenvalue weighted by atomic mass is 32.2. The molecule has 0 saturated carbocycles. The normalized spacial score (nSPS) is 21.9. The Balaban J connectivity index is 1.65. The zero-order chi connectivity index (χ0) is 21.1. The third-order valence-electron chi connectivity index (χ3n) is 6.70. The smallest absolute Gasteiger partial charge is 0.256 e. The topological polar surface area (TPSA) is 64.2 Å². The molecular weight excluding hydrogens is 400 g/mol. The molecule has 0 radical (unpaired) electrons. The average molecular weight is 435 g/mol. The van der Waals surface area contributed by atoms with Crippen LogP contribution in [0.3, 0.4) is 0 Å². The minimum Gasteiger partial charge on any atom is -0.371 e. The molecule has 0 N–H and O–H groups in total. The Bertz CT molecular complexity index is 853. The molecule has 4 rings (SSSR count). The summed E-state index contributed by atoms with van der Waals surface area (Å²) in [6, 6.07) is 5.20. The van der Waals surface area contributed by atoms with Gasteiger partial charge in [0.25, 0.3) is 5.91 Å². The van der Waals surface area contributed by atoms with Gasteiger partial charge in [-0.25, -0.2) is 8.42 Å². The van der Waals surface area contributed by atoms with E-state index in [-0.39, 0.29) is 10.8 Å². The van der Waals surface area contributed by atoms with E-state index in [0.717, 1.165) is 70.5 Å². The summed E-state index contributed by atoms with van der Waals surface area (Å²) < 4.78 is 28.0. The van der Waals surface area contributed by atoms with Crippen molar-refractivity contribution < 1.29 is 13.2 Å². The number of carbonyl (C=O) groups is 1. The van der Waals surface area contributed by atoms with Crippen LogP contribution in [0.1, 0.15) is 49.4 Å². The summed E-state index contributed by atoms with van der Waals surface area (Å²) in [5, 5.41) is 0. The van der Waals surface area contributed by atoms with Gasteiger partial charge in [-0.05, 0) is 50.4 Å². The second-order valence-electron chi connectivity index (χ2n) is 8.56. The predicted molar refractivity (Wildman–Crippen MR) is 119 cm³/mol. The van der Waals surface area contributed by atoms with Crippen molar-refractivity contribution in [3.63, 3.8) is 0 Å². The lowest BCUT2D eigenvalue weighted by Crippen LogP contribution is -2.48. The van der Waals surface area contributed by atoms with Gasteiger partial charge in [0.15, 0.2) is 0 Å². The molecule has 1 amide bonds. The molecule has 0 aliphatic carbocycles. The minimum absolute atomic E-state index is 0.0386. The number of piperidine rings is 1. The predicted octanol–water partition coefficient (Wildman–Crippen LogP) is 2.24. The van der Waals surface area contributed by atoms with Gasteiger partial charge in [0.1, 0.15) is 0 Å². The second-order valence-corrected chi connectivity index (χ2v) is 10.5. The molecule has 1 aromatic rings. The van der Waals surface area contributed by atoms with E-state index >= 15 is 0 Å². The average Bonchev–Trinajstić information content (AvgIpc) is 3.33. The number of piperazine rings is 1. The summed E-state index contributed by atoms with van der Waals surface area (Å²) in [4.78, 5) is 20.2. The van der Waals surface area contributed by atoms with Crippen molar-refractivity contribution in [3.05, 3.63) is 23.8 Å². The summed E-state index contributed by atoms with van der Waals surface area (Å²) in [7, 11) is -3.57. The van der Waals surface area contributed by atoms with Crippen molar-refractivity contribution >= 4 is 21.6 Å². The van der Waals surface area contributed by atoms with Gasteiger partial charge in [-0.15, -0.1) is 0 Å². The van der Waals surface area contributed by atoms with Crippen molar-refractivity contribution in [3.8, 4) is 0 Å². The molecule has 7 nitrogen and oxygen atoms in total. The van der Waals surface area contributed by atoms with Gasteiger partial charge in [-0.2, -0.15) is 4.31 Å². The highest BCUT2D eigenvalue weighted by molar-refractivity contribution is 7.89. The summed E-state index contributed by atoms with van der Waals surface area (Å²) in [6.45, 7) is 9.22. The maximum Gasteiger partial charge on any atom is 0.256 e. The summed E-state index contributed by atoms with van der Waals surface area (Å²) in [6.07, 6.45) is 5.10. The molecule has 0 bridgehead atoms. The van der Waals surface area contributed by atoms with Crippen molar-refractivity contribution in [2.24, 2.45) is 0 Å². The number of benzene rings is 1. The lowest BCUT2D eigenvalue weighted by atomic mass is 10.1. The molecule has 0 aromatic heterocycles. The van der Waals surface area contributed by atoms with Crippen LogP contribution in [0.15, 0.2) is 23.1 Å². The van der Waals surface area contributed by atoms with Crippen LogP contribution >= 0.6 is 0 Å². The van der Waals surface area contributed by atoms with Gasteiger partial charge in [-0.3, -0.25) is 4.79 Å². The maximum absolute atomic E-state index is 13.5. The fourth-order valence-electron chi connectivity index (χ4n) is 4.77. The first-order valence-corrected chi connectivity index (χ1v) is 12.9. The summed E-state index contributed by atoms with van der Waals surface area (Å²) in [5.74, 6) is -0.0386. The molecule has 3 aliphatic heterocycles. The van der Waals surface area contributed by atoms with Gasteiger partial charge in [0, 0.05) is 58.0 Å². The van der Waals surface area contributed by atoms with E-state index in [2.05, 4.69) is 16.7 Å². The third kappa shape index (κ3) is 4.36. The van der Waals surface area contributed by atoms with E-state index < -0.39 is 10.0 Å². The van der Waals surface area contributed by atoms with Crippen LogP contribution in [-0.2, 0) is 10.0 Å². The lowest BCUT2D eigenvalue weighted by molar-refractivity contribution is 0.0643. The number of amides is 1. The number of carbonyl (C=O) groups excluding carboxylic acids is 1. The van der Waals surface area contributed by atoms with Gasteiger partial charge >= 0.3 is 0 Å². The molecule has 3 saturated heterocycles. The number of hydrogen-bond acceptors (Lipinski definition) is 5. The molecule has 3 heterocycles. The Morgan fingerprint density at radius 3 is 2.13 bits per heavy atom. The molecular formula is C22H34N4O3S. The molecule has 0 unspecified atom stereocenters. The molecule has 30 heavy (non-hydrogen) atoms. The zero-order valence-electron chi connectivity index (χ0n) is 18.1. The molecule has 0 atom stereocenters. The molecule has 166 valence electrons. The van der Waals surface area contributed by atoms with E-state index in [4.69, 9.17) is 0 Å². The molecule has 8 heteroatoms. The molecule has 1 aromatic carbocycles. The Hall–Kier alpha value is -1.64. The number of hydrogen-bond donors (Lipinski definition) is 0. The first-order chi connectivity index (χ1) is 14.5. The van der Waals surface area contributed by atoms with Gasteiger partial charge in [-0.1, -0.05) is 13.3 Å².